The lowest BCUT2D eigenvalue weighted by molar-refractivity contribution is -0.157. The smallest absolute Gasteiger partial charge is 0.296 e. The molecule has 2 aliphatic heterocycles. The van der Waals surface area contributed by atoms with Gasteiger partial charge < -0.3 is 9.47 Å². The Kier molecular flexibility index (Phi) is 3.95. The Bertz CT molecular complexity index is 1130. The topological polar surface area (TPSA) is 18.5 Å². The highest BCUT2D eigenvalue weighted by Crippen LogP contribution is 2.66. The average Bonchev–Trinajstić information content (AvgIpc) is 3.23. The summed E-state index contributed by atoms with van der Waals surface area (Å²) in [6.45, 7) is 6.06. The van der Waals surface area contributed by atoms with Gasteiger partial charge in [-0.05, 0) is 24.6 Å². The van der Waals surface area contributed by atoms with Gasteiger partial charge in [0.25, 0.3) is 5.79 Å². The molecule has 2 heterocycles. The van der Waals surface area contributed by atoms with Crippen LogP contribution in [0.3, 0.4) is 0 Å². The fourth-order valence-electron chi connectivity index (χ4n) is 4.80. The molecule has 3 aromatic carbocycles. The zero-order valence-electron chi connectivity index (χ0n) is 16.3. The van der Waals surface area contributed by atoms with Gasteiger partial charge in [0.1, 0.15) is 16.9 Å². The van der Waals surface area contributed by atoms with Gasteiger partial charge in [0, 0.05) is 16.7 Å². The predicted octanol–water partition coefficient (Wildman–Crippen LogP) is 6.26. The molecule has 142 valence electrons. The molecular formula is C27H22O2. The lowest BCUT2D eigenvalue weighted by Crippen LogP contribution is -2.48. The van der Waals surface area contributed by atoms with Gasteiger partial charge in [-0.1, -0.05) is 97.6 Å². The minimum absolute atomic E-state index is 0.651. The number of hydrogen-bond acceptors (Lipinski definition) is 2. The summed E-state index contributed by atoms with van der Waals surface area (Å²) >= 11 is 0. The first-order chi connectivity index (χ1) is 14.3. The molecule has 29 heavy (non-hydrogen) atoms. The number of para-hydroxylation sites is 1. The minimum atomic E-state index is -1.04. The van der Waals surface area contributed by atoms with Crippen LogP contribution < -0.4 is 4.74 Å². The number of benzene rings is 3. The molecule has 0 saturated heterocycles. The van der Waals surface area contributed by atoms with Gasteiger partial charge in [-0.2, -0.15) is 0 Å². The Labute approximate surface area is 171 Å². The molecule has 0 N–H and O–H groups in total. The third kappa shape index (κ3) is 2.17. The summed E-state index contributed by atoms with van der Waals surface area (Å²) < 4.78 is 13.4. The second-order valence-corrected chi connectivity index (χ2v) is 7.28. The second kappa shape index (κ2) is 6.52. The van der Waals surface area contributed by atoms with Gasteiger partial charge in [-0.3, -0.25) is 0 Å². The molecule has 0 saturated carbocycles. The lowest BCUT2D eigenvalue weighted by Gasteiger charge is -2.39. The highest BCUT2D eigenvalue weighted by molar-refractivity contribution is 5.67. The molecule has 3 aromatic rings. The molecular weight excluding hydrogens is 356 g/mol. The molecule has 2 heteroatoms. The monoisotopic (exact) mass is 378 g/mol. The Morgan fingerprint density at radius 1 is 0.759 bits per heavy atom. The first kappa shape index (κ1) is 17.6. The van der Waals surface area contributed by atoms with E-state index in [0.29, 0.717) is 0 Å². The van der Waals surface area contributed by atoms with E-state index in [4.69, 9.17) is 9.47 Å². The van der Waals surface area contributed by atoms with Crippen molar-refractivity contribution in [1.82, 2.24) is 0 Å². The number of hydrogen-bond donors (Lipinski definition) is 0. The maximum atomic E-state index is 6.73. The maximum absolute atomic E-state index is 6.73. The number of fused-ring (bicyclic) bond motifs is 3. The van der Waals surface area contributed by atoms with Crippen LogP contribution in [0.25, 0.3) is 0 Å². The SMILES string of the molecule is C=CC1=C(/C=C\C)C2(c3ccccc3)c3ccccc3OC2(c2ccccc2)O1. The minimum Gasteiger partial charge on any atom is -0.446 e. The molecule has 0 radical (unpaired) electrons. The molecule has 0 fully saturated rings. The van der Waals surface area contributed by atoms with Crippen LogP contribution in [0.4, 0.5) is 0 Å². The number of ether oxygens (including phenoxy) is 2. The van der Waals surface area contributed by atoms with E-state index >= 15 is 0 Å². The van der Waals surface area contributed by atoms with Crippen molar-refractivity contribution in [2.45, 2.75) is 18.1 Å². The van der Waals surface area contributed by atoms with Gasteiger partial charge in [-0.15, -0.1) is 0 Å². The van der Waals surface area contributed by atoms with Crippen molar-refractivity contribution in [3.8, 4) is 5.75 Å². The predicted molar refractivity (Wildman–Crippen MR) is 116 cm³/mol. The summed E-state index contributed by atoms with van der Waals surface area (Å²) in [6, 6.07) is 28.9. The van der Waals surface area contributed by atoms with E-state index < -0.39 is 11.2 Å². The normalized spacial score (nSPS) is 24.7. The summed E-state index contributed by atoms with van der Waals surface area (Å²) in [7, 11) is 0. The van der Waals surface area contributed by atoms with E-state index in [-0.39, 0.29) is 0 Å². The molecule has 0 spiro atoms. The fraction of sp³-hybridized carbons (Fsp3) is 0.111. The molecule has 2 unspecified atom stereocenters. The summed E-state index contributed by atoms with van der Waals surface area (Å²) in [6.07, 6.45) is 5.96. The van der Waals surface area contributed by atoms with Crippen molar-refractivity contribution in [1.29, 1.82) is 0 Å². The number of rotatable bonds is 4. The van der Waals surface area contributed by atoms with Gasteiger partial charge >= 0.3 is 0 Å². The maximum Gasteiger partial charge on any atom is 0.296 e. The lowest BCUT2D eigenvalue weighted by atomic mass is 9.63. The summed E-state index contributed by atoms with van der Waals surface area (Å²) in [5, 5.41) is 0. The zero-order valence-corrected chi connectivity index (χ0v) is 16.3. The largest absolute Gasteiger partial charge is 0.446 e. The molecule has 5 rings (SSSR count). The van der Waals surface area contributed by atoms with Crippen LogP contribution in [-0.2, 0) is 15.9 Å². The van der Waals surface area contributed by atoms with Crippen molar-refractivity contribution < 1.29 is 9.47 Å². The van der Waals surface area contributed by atoms with Gasteiger partial charge in [0.15, 0.2) is 0 Å². The molecule has 0 aliphatic carbocycles. The number of allylic oxidation sites excluding steroid dienone is 3. The Hall–Kier alpha value is -3.52. The van der Waals surface area contributed by atoms with Crippen LogP contribution in [0.5, 0.6) is 5.75 Å². The highest BCUT2D eigenvalue weighted by atomic mass is 16.7. The van der Waals surface area contributed by atoms with Crippen LogP contribution >= 0.6 is 0 Å². The average molecular weight is 378 g/mol. The molecule has 2 nitrogen and oxygen atoms in total. The van der Waals surface area contributed by atoms with Crippen LogP contribution in [0, 0.1) is 0 Å². The fourth-order valence-corrected chi connectivity index (χ4v) is 4.80. The van der Waals surface area contributed by atoms with Gasteiger partial charge in [0.2, 0.25) is 0 Å². The molecule has 0 bridgehead atoms. The third-order valence-electron chi connectivity index (χ3n) is 5.84. The quantitative estimate of drug-likeness (QED) is 0.533. The van der Waals surface area contributed by atoms with Gasteiger partial charge in [0.05, 0.1) is 0 Å². The second-order valence-electron chi connectivity index (χ2n) is 7.28. The Balaban J connectivity index is 1.96. The van der Waals surface area contributed by atoms with Crippen LogP contribution in [0.15, 0.2) is 121 Å². The van der Waals surface area contributed by atoms with E-state index in [1.807, 2.05) is 43.3 Å². The molecule has 2 aliphatic rings. The van der Waals surface area contributed by atoms with Crippen molar-refractivity contribution in [3.63, 3.8) is 0 Å². The summed E-state index contributed by atoms with van der Waals surface area (Å²) in [5.74, 6) is 0.535. The molecule has 0 amide bonds. The molecule has 2 atom stereocenters. The van der Waals surface area contributed by atoms with Crippen molar-refractivity contribution >= 4 is 0 Å². The Morgan fingerprint density at radius 2 is 1.38 bits per heavy atom. The van der Waals surface area contributed by atoms with Gasteiger partial charge in [-0.25, -0.2) is 0 Å². The van der Waals surface area contributed by atoms with Crippen molar-refractivity contribution in [2.75, 3.05) is 0 Å². The van der Waals surface area contributed by atoms with E-state index in [1.165, 1.54) is 0 Å². The molecule has 0 aromatic heterocycles. The Morgan fingerprint density at radius 3 is 2.03 bits per heavy atom. The first-order valence-corrected chi connectivity index (χ1v) is 9.86. The third-order valence-corrected chi connectivity index (χ3v) is 5.84. The van der Waals surface area contributed by atoms with E-state index in [9.17, 15) is 0 Å². The van der Waals surface area contributed by atoms with Crippen LogP contribution in [-0.4, -0.2) is 0 Å². The van der Waals surface area contributed by atoms with E-state index in [1.54, 1.807) is 6.08 Å². The van der Waals surface area contributed by atoms with Crippen LogP contribution in [0.2, 0.25) is 0 Å². The summed E-state index contributed by atoms with van der Waals surface area (Å²) in [4.78, 5) is 0. The van der Waals surface area contributed by atoms with Crippen molar-refractivity contribution in [3.05, 3.63) is 138 Å². The first-order valence-electron chi connectivity index (χ1n) is 9.86. The zero-order chi connectivity index (χ0) is 19.9. The van der Waals surface area contributed by atoms with Crippen LogP contribution in [0.1, 0.15) is 23.6 Å². The summed E-state index contributed by atoms with van der Waals surface area (Å²) in [5.41, 5.74) is 3.59. The van der Waals surface area contributed by atoms with Crippen molar-refractivity contribution in [2.24, 2.45) is 0 Å². The van der Waals surface area contributed by atoms with E-state index in [2.05, 4.69) is 67.3 Å². The van der Waals surface area contributed by atoms with E-state index in [0.717, 1.165) is 33.8 Å². The standard InChI is InChI=1S/C27H22O2/c1-3-13-22-24(4-2)28-27(21-16-9-6-10-17-21)26(22,20-14-7-5-8-15-20)23-18-11-12-19-25(23)29-27/h3-19H,2H2,1H3/b13-3-. The highest BCUT2D eigenvalue weighted by Gasteiger charge is 2.70.